The minimum atomic E-state index is 0.846. The number of hydrogen-bond donors (Lipinski definition) is 0. The highest BCUT2D eigenvalue weighted by molar-refractivity contribution is 5.78. The SMILES string of the molecule is CCc1nn(CCN2CCOCC2)c2ncccc12. The first-order valence-electron chi connectivity index (χ1n) is 6.99. The predicted octanol–water partition coefficient (Wildman–Crippen LogP) is 1.33. The molecule has 0 saturated carbocycles. The average molecular weight is 260 g/mol. The van der Waals surface area contributed by atoms with Gasteiger partial charge in [-0.05, 0) is 18.6 Å². The normalized spacial score (nSPS) is 17.1. The number of aromatic nitrogens is 3. The summed E-state index contributed by atoms with van der Waals surface area (Å²) in [6.07, 6.45) is 2.79. The van der Waals surface area contributed by atoms with Crippen LogP contribution < -0.4 is 0 Å². The minimum absolute atomic E-state index is 0.846. The van der Waals surface area contributed by atoms with Crippen molar-refractivity contribution < 1.29 is 4.74 Å². The Labute approximate surface area is 113 Å². The summed E-state index contributed by atoms with van der Waals surface area (Å²) in [5.41, 5.74) is 2.15. The molecule has 0 radical (unpaired) electrons. The van der Waals surface area contributed by atoms with Gasteiger partial charge in [-0.2, -0.15) is 5.10 Å². The van der Waals surface area contributed by atoms with Crippen LogP contribution in [0.2, 0.25) is 0 Å². The summed E-state index contributed by atoms with van der Waals surface area (Å²) >= 11 is 0. The van der Waals surface area contributed by atoms with Gasteiger partial charge in [0.1, 0.15) is 0 Å². The molecular weight excluding hydrogens is 240 g/mol. The summed E-state index contributed by atoms with van der Waals surface area (Å²) in [5.74, 6) is 0. The van der Waals surface area contributed by atoms with Crippen molar-refractivity contribution in [3.63, 3.8) is 0 Å². The van der Waals surface area contributed by atoms with Crippen molar-refractivity contribution in [2.75, 3.05) is 32.8 Å². The molecule has 0 aromatic carbocycles. The lowest BCUT2D eigenvalue weighted by atomic mass is 10.2. The zero-order valence-electron chi connectivity index (χ0n) is 11.4. The molecule has 0 amide bonds. The Hall–Kier alpha value is -1.46. The Morgan fingerprint density at radius 1 is 1.26 bits per heavy atom. The lowest BCUT2D eigenvalue weighted by molar-refractivity contribution is 0.0361. The maximum absolute atomic E-state index is 5.37. The van der Waals surface area contributed by atoms with Gasteiger partial charge in [0.05, 0.1) is 25.5 Å². The molecule has 19 heavy (non-hydrogen) atoms. The van der Waals surface area contributed by atoms with Crippen LogP contribution in [0.1, 0.15) is 12.6 Å². The standard InChI is InChI=1S/C14H20N4O/c1-2-13-12-4-3-5-15-14(12)18(16-13)7-6-17-8-10-19-11-9-17/h3-5H,2,6-11H2,1H3. The van der Waals surface area contributed by atoms with Gasteiger partial charge in [-0.25, -0.2) is 9.67 Å². The minimum Gasteiger partial charge on any atom is -0.379 e. The van der Waals surface area contributed by atoms with Crippen molar-refractivity contribution in [3.05, 3.63) is 24.0 Å². The fourth-order valence-electron chi connectivity index (χ4n) is 2.55. The quantitative estimate of drug-likeness (QED) is 0.831. The fourth-order valence-corrected chi connectivity index (χ4v) is 2.55. The molecule has 0 N–H and O–H groups in total. The summed E-state index contributed by atoms with van der Waals surface area (Å²) < 4.78 is 7.41. The van der Waals surface area contributed by atoms with Gasteiger partial charge < -0.3 is 4.74 Å². The van der Waals surface area contributed by atoms with E-state index in [4.69, 9.17) is 4.74 Å². The third-order valence-electron chi connectivity index (χ3n) is 3.65. The molecule has 5 nitrogen and oxygen atoms in total. The van der Waals surface area contributed by atoms with E-state index in [0.717, 1.165) is 57.2 Å². The number of fused-ring (bicyclic) bond motifs is 1. The number of morpholine rings is 1. The van der Waals surface area contributed by atoms with E-state index in [0.29, 0.717) is 0 Å². The monoisotopic (exact) mass is 260 g/mol. The first-order valence-corrected chi connectivity index (χ1v) is 6.99. The van der Waals surface area contributed by atoms with E-state index in [9.17, 15) is 0 Å². The van der Waals surface area contributed by atoms with E-state index in [1.54, 1.807) is 0 Å². The van der Waals surface area contributed by atoms with E-state index >= 15 is 0 Å². The average Bonchev–Trinajstić information content (AvgIpc) is 2.84. The molecule has 102 valence electrons. The van der Waals surface area contributed by atoms with Crippen LogP contribution in [0.3, 0.4) is 0 Å². The van der Waals surface area contributed by atoms with Crippen molar-refractivity contribution >= 4 is 11.0 Å². The molecule has 5 heteroatoms. The number of nitrogens with zero attached hydrogens (tertiary/aromatic N) is 4. The van der Waals surface area contributed by atoms with E-state index < -0.39 is 0 Å². The molecule has 0 unspecified atom stereocenters. The Kier molecular flexibility index (Phi) is 3.75. The van der Waals surface area contributed by atoms with E-state index in [2.05, 4.69) is 28.0 Å². The van der Waals surface area contributed by atoms with Crippen LogP contribution in [0.5, 0.6) is 0 Å². The number of rotatable bonds is 4. The second-order valence-electron chi connectivity index (χ2n) is 4.85. The smallest absolute Gasteiger partial charge is 0.158 e. The molecule has 2 aromatic rings. The molecule has 1 aliphatic heterocycles. The highest BCUT2D eigenvalue weighted by atomic mass is 16.5. The number of hydrogen-bond acceptors (Lipinski definition) is 4. The third kappa shape index (κ3) is 2.62. The molecule has 1 fully saturated rings. The molecule has 0 aliphatic carbocycles. The Bertz CT molecular complexity index is 545. The van der Waals surface area contributed by atoms with Gasteiger partial charge >= 0.3 is 0 Å². The van der Waals surface area contributed by atoms with Crippen LogP contribution in [-0.4, -0.2) is 52.5 Å². The zero-order valence-corrected chi connectivity index (χ0v) is 11.4. The maximum Gasteiger partial charge on any atom is 0.158 e. The van der Waals surface area contributed by atoms with Crippen molar-refractivity contribution in [2.24, 2.45) is 0 Å². The number of pyridine rings is 1. The molecule has 0 bridgehead atoms. The van der Waals surface area contributed by atoms with Crippen LogP contribution in [0, 0.1) is 0 Å². The number of aryl methyl sites for hydroxylation is 1. The topological polar surface area (TPSA) is 43.2 Å². The van der Waals surface area contributed by atoms with Gasteiger partial charge in [-0.15, -0.1) is 0 Å². The second kappa shape index (κ2) is 5.67. The fraction of sp³-hybridized carbons (Fsp3) is 0.571. The molecule has 0 atom stereocenters. The van der Waals surface area contributed by atoms with Gasteiger partial charge in [0.25, 0.3) is 0 Å². The van der Waals surface area contributed by atoms with E-state index in [-0.39, 0.29) is 0 Å². The Morgan fingerprint density at radius 2 is 2.11 bits per heavy atom. The molecule has 2 aromatic heterocycles. The highest BCUT2D eigenvalue weighted by Crippen LogP contribution is 2.16. The first-order chi connectivity index (χ1) is 9.38. The zero-order chi connectivity index (χ0) is 13.1. The largest absolute Gasteiger partial charge is 0.379 e. The van der Waals surface area contributed by atoms with Gasteiger partial charge in [-0.1, -0.05) is 6.92 Å². The lowest BCUT2D eigenvalue weighted by Gasteiger charge is -2.26. The molecule has 0 spiro atoms. The second-order valence-corrected chi connectivity index (χ2v) is 4.85. The van der Waals surface area contributed by atoms with Crippen molar-refractivity contribution in [2.45, 2.75) is 19.9 Å². The van der Waals surface area contributed by atoms with Crippen LogP contribution in [0.25, 0.3) is 11.0 Å². The molecule has 3 heterocycles. The van der Waals surface area contributed by atoms with Crippen LogP contribution in [0.4, 0.5) is 0 Å². The summed E-state index contributed by atoms with van der Waals surface area (Å²) in [5, 5.41) is 5.88. The van der Waals surface area contributed by atoms with Crippen molar-refractivity contribution in [1.29, 1.82) is 0 Å². The van der Waals surface area contributed by atoms with Gasteiger partial charge in [0.15, 0.2) is 5.65 Å². The summed E-state index contributed by atoms with van der Waals surface area (Å²) in [6.45, 7) is 7.78. The maximum atomic E-state index is 5.37. The molecule has 1 saturated heterocycles. The lowest BCUT2D eigenvalue weighted by Crippen LogP contribution is -2.38. The van der Waals surface area contributed by atoms with Crippen LogP contribution in [-0.2, 0) is 17.7 Å². The third-order valence-corrected chi connectivity index (χ3v) is 3.65. The van der Waals surface area contributed by atoms with Gasteiger partial charge in [0, 0.05) is 31.2 Å². The molecule has 1 aliphatic rings. The highest BCUT2D eigenvalue weighted by Gasteiger charge is 2.13. The molecule has 3 rings (SSSR count). The van der Waals surface area contributed by atoms with Gasteiger partial charge in [-0.3, -0.25) is 4.90 Å². The van der Waals surface area contributed by atoms with E-state index in [1.807, 2.05) is 16.9 Å². The Balaban J connectivity index is 1.76. The Morgan fingerprint density at radius 3 is 2.89 bits per heavy atom. The predicted molar refractivity (Wildman–Crippen MR) is 74.2 cm³/mol. The first kappa shape index (κ1) is 12.6. The summed E-state index contributed by atoms with van der Waals surface area (Å²) in [6, 6.07) is 4.09. The summed E-state index contributed by atoms with van der Waals surface area (Å²) in [7, 11) is 0. The van der Waals surface area contributed by atoms with Crippen LogP contribution >= 0.6 is 0 Å². The van der Waals surface area contributed by atoms with E-state index in [1.165, 1.54) is 5.39 Å². The van der Waals surface area contributed by atoms with Gasteiger partial charge in [0.2, 0.25) is 0 Å². The van der Waals surface area contributed by atoms with Crippen molar-refractivity contribution in [3.8, 4) is 0 Å². The van der Waals surface area contributed by atoms with Crippen LogP contribution in [0.15, 0.2) is 18.3 Å². The molecular formula is C14H20N4O. The summed E-state index contributed by atoms with van der Waals surface area (Å²) in [4.78, 5) is 6.89. The number of ether oxygens (including phenoxy) is 1. The van der Waals surface area contributed by atoms with Crippen molar-refractivity contribution in [1.82, 2.24) is 19.7 Å².